The molecular weight excluding hydrogens is 474 g/mol. The van der Waals surface area contributed by atoms with Crippen molar-refractivity contribution in [2.24, 2.45) is 0 Å². The third-order valence-corrected chi connectivity index (χ3v) is 5.79. The number of thioether (sulfide) groups is 1. The van der Waals surface area contributed by atoms with Gasteiger partial charge in [-0.3, -0.25) is 9.59 Å². The molecule has 0 saturated carbocycles. The fourth-order valence-corrected chi connectivity index (χ4v) is 4.08. The third kappa shape index (κ3) is 3.54. The highest BCUT2D eigenvalue weighted by molar-refractivity contribution is 9.10. The smallest absolute Gasteiger partial charge is 0.268 e. The number of halogens is 2. The van der Waals surface area contributed by atoms with Crippen molar-refractivity contribution in [1.29, 1.82) is 0 Å². The zero-order chi connectivity index (χ0) is 17.3. The Bertz CT molecular complexity index is 878. The molecule has 1 fully saturated rings. The summed E-state index contributed by atoms with van der Waals surface area (Å²) in [6.45, 7) is 0. The van der Waals surface area contributed by atoms with Gasteiger partial charge < -0.3 is 0 Å². The standard InChI is InChI=1S/C17H9Br2NO2S2/c18-11-7-5-10(6-8-11)9-14-16(22)20(17(23)24-14)15(21)12-3-1-2-4-13(12)19/h1-9H/b14-9-. The Morgan fingerprint density at radius 3 is 2.42 bits per heavy atom. The van der Waals surface area contributed by atoms with Crippen LogP contribution in [0.1, 0.15) is 15.9 Å². The molecule has 0 bridgehead atoms. The first kappa shape index (κ1) is 17.5. The number of thiocarbonyl (C=S) groups is 1. The summed E-state index contributed by atoms with van der Waals surface area (Å²) >= 11 is 13.1. The molecular formula is C17H9Br2NO2S2. The second kappa shape index (κ2) is 7.31. The molecule has 24 heavy (non-hydrogen) atoms. The van der Waals surface area contributed by atoms with Gasteiger partial charge in [0.05, 0.1) is 10.5 Å². The van der Waals surface area contributed by atoms with Crippen LogP contribution < -0.4 is 0 Å². The van der Waals surface area contributed by atoms with Crippen molar-refractivity contribution in [3.63, 3.8) is 0 Å². The monoisotopic (exact) mass is 481 g/mol. The van der Waals surface area contributed by atoms with Crippen LogP contribution in [0.25, 0.3) is 6.08 Å². The lowest BCUT2D eigenvalue weighted by atomic mass is 10.2. The van der Waals surface area contributed by atoms with E-state index in [1.807, 2.05) is 24.3 Å². The van der Waals surface area contributed by atoms with Crippen LogP contribution in [0.2, 0.25) is 0 Å². The summed E-state index contributed by atoms with van der Waals surface area (Å²) in [5, 5.41) is 0. The molecule has 1 aliphatic rings. The summed E-state index contributed by atoms with van der Waals surface area (Å²) in [6, 6.07) is 14.5. The Labute approximate surface area is 165 Å². The van der Waals surface area contributed by atoms with Crippen molar-refractivity contribution >= 4 is 78.1 Å². The molecule has 7 heteroatoms. The highest BCUT2D eigenvalue weighted by atomic mass is 79.9. The van der Waals surface area contributed by atoms with E-state index in [0.29, 0.717) is 14.9 Å². The maximum absolute atomic E-state index is 12.7. The Morgan fingerprint density at radius 2 is 1.75 bits per heavy atom. The van der Waals surface area contributed by atoms with Crippen LogP contribution >= 0.6 is 55.8 Å². The van der Waals surface area contributed by atoms with E-state index in [1.54, 1.807) is 30.3 Å². The summed E-state index contributed by atoms with van der Waals surface area (Å²) in [5.41, 5.74) is 1.27. The van der Waals surface area contributed by atoms with Crippen LogP contribution in [-0.4, -0.2) is 21.0 Å². The van der Waals surface area contributed by atoms with E-state index in [2.05, 4.69) is 31.9 Å². The molecule has 3 rings (SSSR count). The molecule has 0 N–H and O–H groups in total. The Morgan fingerprint density at radius 1 is 1.08 bits per heavy atom. The van der Waals surface area contributed by atoms with E-state index in [1.165, 1.54) is 0 Å². The van der Waals surface area contributed by atoms with Gasteiger partial charge in [0.25, 0.3) is 11.8 Å². The normalized spacial score (nSPS) is 16.1. The second-order valence-corrected chi connectivity index (χ2v) is 8.30. The number of hydrogen-bond donors (Lipinski definition) is 0. The van der Waals surface area contributed by atoms with E-state index in [4.69, 9.17) is 12.2 Å². The van der Waals surface area contributed by atoms with Crippen molar-refractivity contribution in [3.05, 3.63) is 73.5 Å². The lowest BCUT2D eigenvalue weighted by Gasteiger charge is -2.13. The molecule has 0 radical (unpaired) electrons. The van der Waals surface area contributed by atoms with Gasteiger partial charge in [-0.2, -0.15) is 0 Å². The van der Waals surface area contributed by atoms with Crippen LogP contribution in [0, 0.1) is 0 Å². The zero-order valence-electron chi connectivity index (χ0n) is 12.0. The number of carbonyl (C=O) groups excluding carboxylic acids is 2. The number of rotatable bonds is 2. The SMILES string of the molecule is O=C1/C(=C/c2ccc(Br)cc2)SC(=S)N1C(=O)c1ccccc1Br. The molecule has 0 atom stereocenters. The van der Waals surface area contributed by atoms with Crippen molar-refractivity contribution in [1.82, 2.24) is 4.90 Å². The summed E-state index contributed by atoms with van der Waals surface area (Å²) in [6.07, 6.45) is 1.74. The average Bonchev–Trinajstić information content (AvgIpc) is 2.83. The van der Waals surface area contributed by atoms with Gasteiger partial charge in [-0.25, -0.2) is 4.90 Å². The number of amides is 2. The van der Waals surface area contributed by atoms with Crippen molar-refractivity contribution in [3.8, 4) is 0 Å². The van der Waals surface area contributed by atoms with E-state index in [0.717, 1.165) is 26.7 Å². The lowest BCUT2D eigenvalue weighted by molar-refractivity contribution is -0.120. The molecule has 2 amide bonds. The molecule has 1 aliphatic heterocycles. The Kier molecular flexibility index (Phi) is 5.34. The van der Waals surface area contributed by atoms with Crippen molar-refractivity contribution < 1.29 is 9.59 Å². The topological polar surface area (TPSA) is 37.4 Å². The van der Waals surface area contributed by atoms with Gasteiger partial charge in [-0.05, 0) is 51.8 Å². The van der Waals surface area contributed by atoms with Gasteiger partial charge in [0.15, 0.2) is 4.32 Å². The maximum atomic E-state index is 12.7. The fraction of sp³-hybridized carbons (Fsp3) is 0. The minimum atomic E-state index is -0.427. The average molecular weight is 483 g/mol. The molecule has 1 saturated heterocycles. The largest absolute Gasteiger partial charge is 0.273 e. The fourth-order valence-electron chi connectivity index (χ4n) is 2.11. The Hall–Kier alpha value is -1.28. The van der Waals surface area contributed by atoms with E-state index >= 15 is 0 Å². The number of carbonyl (C=O) groups is 2. The van der Waals surface area contributed by atoms with Crippen molar-refractivity contribution in [2.45, 2.75) is 0 Å². The molecule has 0 spiro atoms. The molecule has 0 aliphatic carbocycles. The first-order valence-electron chi connectivity index (χ1n) is 6.80. The highest BCUT2D eigenvalue weighted by Gasteiger charge is 2.37. The van der Waals surface area contributed by atoms with Crippen molar-refractivity contribution in [2.75, 3.05) is 0 Å². The van der Waals surface area contributed by atoms with Gasteiger partial charge >= 0.3 is 0 Å². The Balaban J connectivity index is 1.91. The molecule has 3 nitrogen and oxygen atoms in total. The minimum absolute atomic E-state index is 0.240. The molecule has 0 aromatic heterocycles. The summed E-state index contributed by atoms with van der Waals surface area (Å²) < 4.78 is 1.82. The van der Waals surface area contributed by atoms with Crippen LogP contribution in [0.15, 0.2) is 62.4 Å². The van der Waals surface area contributed by atoms with Gasteiger partial charge in [0, 0.05) is 8.95 Å². The minimum Gasteiger partial charge on any atom is -0.268 e. The van der Waals surface area contributed by atoms with Gasteiger partial charge in [-0.1, -0.05) is 64.2 Å². The molecule has 2 aromatic carbocycles. The van der Waals surface area contributed by atoms with E-state index in [9.17, 15) is 9.59 Å². The van der Waals surface area contributed by atoms with Gasteiger partial charge in [-0.15, -0.1) is 0 Å². The van der Waals surface area contributed by atoms with Crippen LogP contribution in [0.4, 0.5) is 0 Å². The quantitative estimate of drug-likeness (QED) is 0.332. The van der Waals surface area contributed by atoms with Crippen LogP contribution in [0.3, 0.4) is 0 Å². The number of benzene rings is 2. The number of nitrogens with zero attached hydrogens (tertiary/aromatic N) is 1. The molecule has 0 unspecified atom stereocenters. The number of hydrogen-bond acceptors (Lipinski definition) is 4. The van der Waals surface area contributed by atoms with E-state index < -0.39 is 11.8 Å². The first-order chi connectivity index (χ1) is 11.5. The molecule has 1 heterocycles. The first-order valence-corrected chi connectivity index (χ1v) is 9.61. The second-order valence-electron chi connectivity index (χ2n) is 4.85. The van der Waals surface area contributed by atoms with Crippen LogP contribution in [-0.2, 0) is 4.79 Å². The predicted octanol–water partition coefficient (Wildman–Crippen LogP) is 5.25. The highest BCUT2D eigenvalue weighted by Crippen LogP contribution is 2.34. The van der Waals surface area contributed by atoms with Gasteiger partial charge in [0.1, 0.15) is 0 Å². The summed E-state index contributed by atoms with van der Waals surface area (Å²) in [4.78, 5) is 26.8. The molecule has 2 aromatic rings. The third-order valence-electron chi connectivity index (χ3n) is 3.27. The zero-order valence-corrected chi connectivity index (χ0v) is 16.8. The van der Waals surface area contributed by atoms with E-state index in [-0.39, 0.29) is 4.32 Å². The summed E-state index contributed by atoms with van der Waals surface area (Å²) in [5.74, 6) is -0.821. The lowest BCUT2D eigenvalue weighted by Crippen LogP contribution is -2.34. The predicted molar refractivity (Wildman–Crippen MR) is 108 cm³/mol. The van der Waals surface area contributed by atoms with Crippen LogP contribution in [0.5, 0.6) is 0 Å². The van der Waals surface area contributed by atoms with Gasteiger partial charge in [0.2, 0.25) is 0 Å². The molecule has 120 valence electrons. The number of imide groups is 1. The maximum Gasteiger partial charge on any atom is 0.273 e. The summed E-state index contributed by atoms with van der Waals surface area (Å²) in [7, 11) is 0.